The van der Waals surface area contributed by atoms with Crippen LogP contribution in [0.3, 0.4) is 0 Å². The lowest BCUT2D eigenvalue weighted by molar-refractivity contribution is 0.162. The quantitative estimate of drug-likeness (QED) is 0.916. The number of nitrogens with zero attached hydrogens (tertiary/aromatic N) is 2. The van der Waals surface area contributed by atoms with Gasteiger partial charge >= 0.3 is 0 Å². The molecule has 2 aromatic rings. The van der Waals surface area contributed by atoms with Gasteiger partial charge in [0.1, 0.15) is 0 Å². The summed E-state index contributed by atoms with van der Waals surface area (Å²) in [6, 6.07) is 15.7. The number of hydrogen-bond donors (Lipinski definition) is 1. The highest BCUT2D eigenvalue weighted by Gasteiger charge is 2.20. The molecular formula is C20H27N3. The molecule has 3 heteroatoms. The van der Waals surface area contributed by atoms with Crippen LogP contribution in [0.4, 0.5) is 0 Å². The van der Waals surface area contributed by atoms with E-state index in [2.05, 4.69) is 58.5 Å². The predicted octanol–water partition coefficient (Wildman–Crippen LogP) is 3.53. The topological polar surface area (TPSA) is 28.2 Å². The third kappa shape index (κ3) is 4.88. The molecule has 0 radical (unpaired) electrons. The lowest BCUT2D eigenvalue weighted by Crippen LogP contribution is -2.35. The maximum Gasteiger partial charge on any atom is 0.0544 e. The summed E-state index contributed by atoms with van der Waals surface area (Å²) in [7, 11) is 0. The number of rotatable bonds is 5. The lowest BCUT2D eigenvalue weighted by Gasteiger charge is -2.31. The van der Waals surface area contributed by atoms with Crippen molar-refractivity contribution in [2.75, 3.05) is 13.1 Å². The smallest absolute Gasteiger partial charge is 0.0544 e. The average molecular weight is 309 g/mol. The minimum atomic E-state index is 0.632. The molecule has 1 N–H and O–H groups in total. The summed E-state index contributed by atoms with van der Waals surface area (Å²) in [5, 5.41) is 3.53. The van der Waals surface area contributed by atoms with Gasteiger partial charge in [-0.2, -0.15) is 0 Å². The Balaban J connectivity index is 1.77. The molecule has 2 heterocycles. The second-order valence-electron chi connectivity index (χ2n) is 6.55. The zero-order chi connectivity index (χ0) is 15.9. The Morgan fingerprint density at radius 2 is 2.04 bits per heavy atom. The Hall–Kier alpha value is -1.71. The van der Waals surface area contributed by atoms with Gasteiger partial charge in [-0.25, -0.2) is 0 Å². The number of benzene rings is 1. The van der Waals surface area contributed by atoms with E-state index in [1.807, 2.05) is 12.3 Å². The van der Waals surface area contributed by atoms with Crippen molar-refractivity contribution in [3.05, 3.63) is 65.5 Å². The van der Waals surface area contributed by atoms with E-state index in [0.717, 1.165) is 31.9 Å². The van der Waals surface area contributed by atoms with Crippen molar-refractivity contribution in [3.8, 4) is 0 Å². The van der Waals surface area contributed by atoms with Crippen LogP contribution < -0.4 is 5.32 Å². The van der Waals surface area contributed by atoms with Crippen molar-refractivity contribution in [1.29, 1.82) is 0 Å². The molecule has 0 bridgehead atoms. The largest absolute Gasteiger partial charge is 0.317 e. The van der Waals surface area contributed by atoms with E-state index in [1.165, 1.54) is 30.4 Å². The van der Waals surface area contributed by atoms with E-state index in [9.17, 15) is 0 Å². The molecule has 1 aromatic carbocycles. The van der Waals surface area contributed by atoms with Gasteiger partial charge in [0.25, 0.3) is 0 Å². The fraction of sp³-hybridized carbons (Fsp3) is 0.450. The Morgan fingerprint density at radius 3 is 2.87 bits per heavy atom. The van der Waals surface area contributed by atoms with Crippen LogP contribution in [-0.2, 0) is 13.1 Å². The van der Waals surface area contributed by atoms with Crippen molar-refractivity contribution in [3.63, 3.8) is 0 Å². The van der Waals surface area contributed by atoms with E-state index in [0.29, 0.717) is 6.04 Å². The van der Waals surface area contributed by atoms with Crippen LogP contribution in [0.1, 0.15) is 36.1 Å². The van der Waals surface area contributed by atoms with E-state index in [4.69, 9.17) is 0 Å². The Labute approximate surface area is 139 Å². The molecule has 1 fully saturated rings. The second-order valence-corrected chi connectivity index (χ2v) is 6.55. The lowest BCUT2D eigenvalue weighted by atomic mass is 10.0. The molecule has 1 aliphatic heterocycles. The average Bonchev–Trinajstić information content (AvgIpc) is 2.84. The highest BCUT2D eigenvalue weighted by molar-refractivity contribution is 5.22. The van der Waals surface area contributed by atoms with Crippen LogP contribution in [0.5, 0.6) is 0 Å². The van der Waals surface area contributed by atoms with Gasteiger partial charge in [-0.05, 0) is 57.0 Å². The van der Waals surface area contributed by atoms with Gasteiger partial charge in [-0.1, -0.05) is 35.9 Å². The third-order valence-corrected chi connectivity index (χ3v) is 4.62. The second kappa shape index (κ2) is 8.23. The van der Waals surface area contributed by atoms with Gasteiger partial charge in [-0.3, -0.25) is 9.88 Å². The van der Waals surface area contributed by atoms with Crippen LogP contribution >= 0.6 is 0 Å². The fourth-order valence-electron chi connectivity index (χ4n) is 3.42. The molecular weight excluding hydrogens is 282 g/mol. The maximum absolute atomic E-state index is 4.54. The van der Waals surface area contributed by atoms with Crippen molar-refractivity contribution >= 4 is 0 Å². The summed E-state index contributed by atoms with van der Waals surface area (Å²) in [6.07, 6.45) is 5.65. The Morgan fingerprint density at radius 1 is 1.09 bits per heavy atom. The summed E-state index contributed by atoms with van der Waals surface area (Å²) < 4.78 is 0. The molecule has 122 valence electrons. The van der Waals surface area contributed by atoms with Crippen LogP contribution in [-0.4, -0.2) is 29.0 Å². The zero-order valence-corrected chi connectivity index (χ0v) is 14.0. The van der Waals surface area contributed by atoms with E-state index < -0.39 is 0 Å². The predicted molar refractivity (Wildman–Crippen MR) is 95.2 cm³/mol. The van der Waals surface area contributed by atoms with Crippen molar-refractivity contribution in [1.82, 2.24) is 15.2 Å². The molecule has 1 saturated heterocycles. The van der Waals surface area contributed by atoms with E-state index in [-0.39, 0.29) is 0 Å². The van der Waals surface area contributed by atoms with Gasteiger partial charge in [-0.15, -0.1) is 0 Å². The van der Waals surface area contributed by atoms with Gasteiger partial charge in [0.2, 0.25) is 0 Å². The molecule has 1 unspecified atom stereocenters. The molecule has 1 aliphatic rings. The molecule has 0 saturated carbocycles. The number of nitrogens with one attached hydrogen (secondary N) is 1. The van der Waals surface area contributed by atoms with Crippen molar-refractivity contribution in [2.45, 2.75) is 45.3 Å². The van der Waals surface area contributed by atoms with Gasteiger partial charge in [0.15, 0.2) is 0 Å². The van der Waals surface area contributed by atoms with Crippen LogP contribution in [0.2, 0.25) is 0 Å². The monoisotopic (exact) mass is 309 g/mol. The standard InChI is InChI=1S/C20H27N3/c1-17-6-4-7-18(14-17)15-23(16-19-8-2-3-12-22-19)20-9-5-11-21-13-10-20/h2-4,6-8,12,14,20-21H,5,9-11,13,15-16H2,1H3. The Kier molecular flexibility index (Phi) is 5.78. The fourth-order valence-corrected chi connectivity index (χ4v) is 3.42. The molecule has 0 aliphatic carbocycles. The van der Waals surface area contributed by atoms with Crippen LogP contribution in [0, 0.1) is 6.92 Å². The first-order valence-corrected chi connectivity index (χ1v) is 8.71. The molecule has 1 atom stereocenters. The van der Waals surface area contributed by atoms with Crippen LogP contribution in [0.25, 0.3) is 0 Å². The molecule has 23 heavy (non-hydrogen) atoms. The summed E-state index contributed by atoms with van der Waals surface area (Å²) in [5.74, 6) is 0. The molecule has 3 rings (SSSR count). The first-order chi connectivity index (χ1) is 11.3. The third-order valence-electron chi connectivity index (χ3n) is 4.62. The summed E-state index contributed by atoms with van der Waals surface area (Å²) in [5.41, 5.74) is 3.90. The number of hydrogen-bond acceptors (Lipinski definition) is 3. The number of aromatic nitrogens is 1. The number of aryl methyl sites for hydroxylation is 1. The molecule has 0 spiro atoms. The summed E-state index contributed by atoms with van der Waals surface area (Å²) >= 11 is 0. The van der Waals surface area contributed by atoms with E-state index in [1.54, 1.807) is 0 Å². The molecule has 3 nitrogen and oxygen atoms in total. The zero-order valence-electron chi connectivity index (χ0n) is 14.0. The SMILES string of the molecule is Cc1cccc(CN(Cc2ccccn2)C2CCCNCC2)c1. The van der Waals surface area contributed by atoms with Gasteiger partial charge in [0.05, 0.1) is 5.69 Å². The van der Waals surface area contributed by atoms with Gasteiger partial charge in [0, 0.05) is 25.3 Å². The Bertz CT molecular complexity index is 589. The highest BCUT2D eigenvalue weighted by Crippen LogP contribution is 2.19. The van der Waals surface area contributed by atoms with Gasteiger partial charge < -0.3 is 5.32 Å². The summed E-state index contributed by atoms with van der Waals surface area (Å²) in [4.78, 5) is 7.15. The van der Waals surface area contributed by atoms with E-state index >= 15 is 0 Å². The number of pyridine rings is 1. The maximum atomic E-state index is 4.54. The first-order valence-electron chi connectivity index (χ1n) is 8.71. The summed E-state index contributed by atoms with van der Waals surface area (Å²) in [6.45, 7) is 6.38. The van der Waals surface area contributed by atoms with Crippen LogP contribution in [0.15, 0.2) is 48.7 Å². The first kappa shape index (κ1) is 16.2. The minimum absolute atomic E-state index is 0.632. The highest BCUT2D eigenvalue weighted by atomic mass is 15.2. The van der Waals surface area contributed by atoms with Crippen molar-refractivity contribution in [2.24, 2.45) is 0 Å². The molecule has 0 amide bonds. The minimum Gasteiger partial charge on any atom is -0.317 e. The van der Waals surface area contributed by atoms with Crippen molar-refractivity contribution < 1.29 is 0 Å². The normalized spacial score (nSPS) is 18.8. The molecule has 1 aromatic heterocycles.